The summed E-state index contributed by atoms with van der Waals surface area (Å²) in [5, 5.41) is 0. The molecule has 1 saturated carbocycles. The zero-order valence-electron chi connectivity index (χ0n) is 15.9. The zero-order valence-corrected chi connectivity index (χ0v) is 15.9. The highest BCUT2D eigenvalue weighted by atomic mass is 16.2. The lowest BCUT2D eigenvalue weighted by atomic mass is 9.82. The Labute approximate surface area is 156 Å². The largest absolute Gasteiger partial charge is 0.341 e. The van der Waals surface area contributed by atoms with E-state index in [-0.39, 0.29) is 5.92 Å². The molecule has 1 aromatic heterocycles. The molecule has 2 unspecified atom stereocenters. The smallest absolute Gasteiger partial charge is 0.225 e. The van der Waals surface area contributed by atoms with Crippen LogP contribution in [0.5, 0.6) is 0 Å². The average molecular weight is 354 g/mol. The van der Waals surface area contributed by atoms with E-state index in [1.54, 1.807) is 0 Å². The van der Waals surface area contributed by atoms with Gasteiger partial charge in [-0.25, -0.2) is 9.97 Å². The highest BCUT2D eigenvalue weighted by Crippen LogP contribution is 2.43. The van der Waals surface area contributed by atoms with Crippen LogP contribution in [0.1, 0.15) is 62.6 Å². The van der Waals surface area contributed by atoms with E-state index in [0.29, 0.717) is 17.7 Å². The number of rotatable bonds is 2. The number of likely N-dealkylation sites (tertiary alicyclic amines) is 1. The van der Waals surface area contributed by atoms with Crippen molar-refractivity contribution in [2.45, 2.75) is 57.8 Å². The van der Waals surface area contributed by atoms with E-state index >= 15 is 0 Å². The molecule has 2 saturated heterocycles. The number of carbonyl (C=O) groups is 1. The fraction of sp³-hybridized carbons (Fsp3) is 0.762. The van der Waals surface area contributed by atoms with Crippen molar-refractivity contribution >= 4 is 11.9 Å². The molecule has 140 valence electrons. The molecule has 5 nitrogen and oxygen atoms in total. The Balaban J connectivity index is 1.30. The lowest BCUT2D eigenvalue weighted by Gasteiger charge is -2.29. The van der Waals surface area contributed by atoms with Gasteiger partial charge in [0.2, 0.25) is 11.9 Å². The first-order chi connectivity index (χ1) is 12.7. The Hall–Kier alpha value is -1.65. The van der Waals surface area contributed by atoms with E-state index < -0.39 is 0 Å². The van der Waals surface area contributed by atoms with Crippen LogP contribution in [0.2, 0.25) is 0 Å². The monoisotopic (exact) mass is 354 g/mol. The van der Waals surface area contributed by atoms with E-state index in [4.69, 9.17) is 4.98 Å². The number of hydrogen-bond donors (Lipinski definition) is 0. The van der Waals surface area contributed by atoms with Gasteiger partial charge < -0.3 is 9.80 Å². The molecule has 2 aliphatic heterocycles. The van der Waals surface area contributed by atoms with Crippen LogP contribution < -0.4 is 4.90 Å². The Morgan fingerprint density at radius 3 is 2.65 bits per heavy atom. The van der Waals surface area contributed by atoms with Gasteiger partial charge in [0, 0.05) is 44.2 Å². The molecule has 0 radical (unpaired) electrons. The predicted molar refractivity (Wildman–Crippen MR) is 101 cm³/mol. The summed E-state index contributed by atoms with van der Waals surface area (Å²) in [4.78, 5) is 27.1. The van der Waals surface area contributed by atoms with Crippen LogP contribution in [-0.2, 0) is 11.2 Å². The Kier molecular flexibility index (Phi) is 4.13. The van der Waals surface area contributed by atoms with Gasteiger partial charge in [0.25, 0.3) is 0 Å². The Morgan fingerprint density at radius 1 is 1.12 bits per heavy atom. The topological polar surface area (TPSA) is 49.3 Å². The minimum Gasteiger partial charge on any atom is -0.341 e. The van der Waals surface area contributed by atoms with Gasteiger partial charge in [-0.1, -0.05) is 6.92 Å². The quantitative estimate of drug-likeness (QED) is 0.819. The van der Waals surface area contributed by atoms with Crippen molar-refractivity contribution in [1.29, 1.82) is 0 Å². The van der Waals surface area contributed by atoms with E-state index in [0.717, 1.165) is 57.3 Å². The molecule has 3 heterocycles. The maximum absolute atomic E-state index is 13.0. The molecular formula is C21H30N4O. The Morgan fingerprint density at radius 2 is 1.88 bits per heavy atom. The van der Waals surface area contributed by atoms with Crippen molar-refractivity contribution in [2.75, 3.05) is 31.1 Å². The summed E-state index contributed by atoms with van der Waals surface area (Å²) < 4.78 is 0. The maximum Gasteiger partial charge on any atom is 0.225 e. The molecule has 0 spiro atoms. The lowest BCUT2D eigenvalue weighted by molar-refractivity contribution is -0.135. The summed E-state index contributed by atoms with van der Waals surface area (Å²) in [6.07, 6.45) is 10.2. The molecule has 4 aliphatic rings. The number of aromatic nitrogens is 2. The molecule has 26 heavy (non-hydrogen) atoms. The summed E-state index contributed by atoms with van der Waals surface area (Å²) in [5.74, 6) is 3.38. The van der Waals surface area contributed by atoms with Crippen molar-refractivity contribution < 1.29 is 4.79 Å². The van der Waals surface area contributed by atoms with Crippen LogP contribution in [0, 0.1) is 17.8 Å². The second kappa shape index (κ2) is 6.50. The van der Waals surface area contributed by atoms with E-state index in [1.165, 1.54) is 36.9 Å². The normalized spacial score (nSPS) is 33.4. The van der Waals surface area contributed by atoms with Gasteiger partial charge in [-0.15, -0.1) is 0 Å². The van der Waals surface area contributed by atoms with Crippen LogP contribution >= 0.6 is 0 Å². The number of amides is 1. The molecule has 3 fully saturated rings. The first-order valence-corrected chi connectivity index (χ1v) is 10.6. The standard InChI is InChI=1S/C21H30N4O/c1-14-4-6-15(7-5-14)20(26)25-12-17-10-16-11-22-21(24-8-2-3-9-24)23-19(16)18(17)13-25/h11,14-15,17-18H,2-10,12-13H2,1H3. The molecule has 0 bridgehead atoms. The van der Waals surface area contributed by atoms with Crippen LogP contribution in [0.3, 0.4) is 0 Å². The first kappa shape index (κ1) is 16.5. The second-order valence-electron chi connectivity index (χ2n) is 9.05. The highest BCUT2D eigenvalue weighted by molar-refractivity contribution is 5.79. The van der Waals surface area contributed by atoms with Crippen molar-refractivity contribution in [1.82, 2.24) is 14.9 Å². The van der Waals surface area contributed by atoms with Crippen LogP contribution in [0.4, 0.5) is 5.95 Å². The molecule has 5 heteroatoms. The summed E-state index contributed by atoms with van der Waals surface area (Å²) in [6.45, 7) is 6.27. The predicted octanol–water partition coefficient (Wildman–Crippen LogP) is 3.00. The lowest BCUT2D eigenvalue weighted by Crippen LogP contribution is -2.36. The van der Waals surface area contributed by atoms with Crippen LogP contribution in [-0.4, -0.2) is 47.0 Å². The summed E-state index contributed by atoms with van der Waals surface area (Å²) >= 11 is 0. The van der Waals surface area contributed by atoms with Gasteiger partial charge in [-0.3, -0.25) is 4.79 Å². The van der Waals surface area contributed by atoms with Gasteiger partial charge in [0.1, 0.15) is 0 Å². The van der Waals surface area contributed by atoms with Crippen molar-refractivity contribution in [2.24, 2.45) is 17.8 Å². The molecule has 1 aromatic rings. The molecule has 2 aliphatic carbocycles. The second-order valence-corrected chi connectivity index (χ2v) is 9.05. The van der Waals surface area contributed by atoms with Crippen LogP contribution in [0.25, 0.3) is 0 Å². The van der Waals surface area contributed by atoms with E-state index in [1.807, 2.05) is 0 Å². The van der Waals surface area contributed by atoms with E-state index in [9.17, 15) is 4.79 Å². The van der Waals surface area contributed by atoms with Gasteiger partial charge in [0.15, 0.2) is 0 Å². The molecule has 2 atom stereocenters. The van der Waals surface area contributed by atoms with Gasteiger partial charge >= 0.3 is 0 Å². The third kappa shape index (κ3) is 2.80. The fourth-order valence-corrected chi connectivity index (χ4v) is 5.57. The maximum atomic E-state index is 13.0. The molecule has 1 amide bonds. The minimum atomic E-state index is 0.273. The van der Waals surface area contributed by atoms with Gasteiger partial charge in [-0.05, 0) is 62.3 Å². The Bertz CT molecular complexity index is 691. The summed E-state index contributed by atoms with van der Waals surface area (Å²) in [7, 11) is 0. The van der Waals surface area contributed by atoms with Crippen molar-refractivity contribution in [3.63, 3.8) is 0 Å². The first-order valence-electron chi connectivity index (χ1n) is 10.6. The van der Waals surface area contributed by atoms with Gasteiger partial charge in [-0.2, -0.15) is 0 Å². The number of fused-ring (bicyclic) bond motifs is 3. The van der Waals surface area contributed by atoms with Gasteiger partial charge in [0.05, 0.1) is 5.69 Å². The van der Waals surface area contributed by atoms with E-state index in [2.05, 4.69) is 27.9 Å². The zero-order chi connectivity index (χ0) is 17.7. The third-order valence-corrected chi connectivity index (χ3v) is 7.23. The molecular weight excluding hydrogens is 324 g/mol. The number of nitrogens with zero attached hydrogens (tertiary/aromatic N) is 4. The third-order valence-electron chi connectivity index (χ3n) is 7.23. The van der Waals surface area contributed by atoms with Crippen LogP contribution in [0.15, 0.2) is 6.20 Å². The number of anilines is 1. The minimum absolute atomic E-state index is 0.273. The number of carbonyl (C=O) groups excluding carboxylic acids is 1. The van der Waals surface area contributed by atoms with Crippen molar-refractivity contribution in [3.8, 4) is 0 Å². The number of hydrogen-bond acceptors (Lipinski definition) is 4. The SMILES string of the molecule is CC1CCC(C(=O)N2CC3Cc4cnc(N5CCCC5)nc4C3C2)CC1. The summed E-state index contributed by atoms with van der Waals surface area (Å²) in [5.41, 5.74) is 2.56. The molecule has 0 N–H and O–H groups in total. The molecule has 5 rings (SSSR count). The fourth-order valence-electron chi connectivity index (χ4n) is 5.57. The highest BCUT2D eigenvalue weighted by Gasteiger charge is 2.44. The molecule has 0 aromatic carbocycles. The average Bonchev–Trinajstić information content (AvgIpc) is 3.37. The van der Waals surface area contributed by atoms with Crippen molar-refractivity contribution in [3.05, 3.63) is 17.5 Å². The summed E-state index contributed by atoms with van der Waals surface area (Å²) in [6, 6.07) is 0.